The molecule has 0 aliphatic heterocycles. The molecule has 1 saturated carbocycles. The lowest BCUT2D eigenvalue weighted by Crippen LogP contribution is -2.24. The van der Waals surface area contributed by atoms with Gasteiger partial charge in [0.25, 0.3) is 0 Å². The van der Waals surface area contributed by atoms with Crippen LogP contribution in [-0.2, 0) is 11.3 Å². The number of H-pyrrole nitrogens is 1. The average Bonchev–Trinajstić information content (AvgIpc) is 3.03. The van der Waals surface area contributed by atoms with Gasteiger partial charge >= 0.3 is 0 Å². The molecule has 1 amide bonds. The molecule has 2 N–H and O–H groups in total. The third kappa shape index (κ3) is 2.27. The van der Waals surface area contributed by atoms with Crippen LogP contribution in [0.25, 0.3) is 0 Å². The maximum Gasteiger partial charge on any atom is 0.224 e. The van der Waals surface area contributed by atoms with Crippen molar-refractivity contribution in [1.29, 1.82) is 0 Å². The summed E-state index contributed by atoms with van der Waals surface area (Å²) in [5.41, 5.74) is 2.19. The van der Waals surface area contributed by atoms with Crippen LogP contribution in [0.5, 0.6) is 0 Å². The molecule has 18 heavy (non-hydrogen) atoms. The average molecular weight is 241 g/mol. The summed E-state index contributed by atoms with van der Waals surface area (Å²) in [6.45, 7) is 0.603. The number of nitrogens with zero attached hydrogens (tertiary/aromatic N) is 1. The minimum atomic E-state index is 0.106. The fourth-order valence-electron chi connectivity index (χ4n) is 2.21. The van der Waals surface area contributed by atoms with Gasteiger partial charge in [0.2, 0.25) is 5.91 Å². The smallest absolute Gasteiger partial charge is 0.224 e. The normalized spacial score (nSPS) is 21.6. The maximum absolute atomic E-state index is 11.9. The van der Waals surface area contributed by atoms with E-state index in [2.05, 4.69) is 15.3 Å². The van der Waals surface area contributed by atoms with Crippen LogP contribution in [0.2, 0.25) is 0 Å². The van der Waals surface area contributed by atoms with Crippen LogP contribution >= 0.6 is 0 Å². The Labute approximate surface area is 105 Å². The molecule has 92 valence electrons. The molecule has 3 rings (SSSR count). The van der Waals surface area contributed by atoms with E-state index in [0.29, 0.717) is 12.5 Å². The molecule has 1 aliphatic rings. The van der Waals surface area contributed by atoms with E-state index in [1.165, 1.54) is 0 Å². The molecule has 4 nitrogen and oxygen atoms in total. The van der Waals surface area contributed by atoms with Gasteiger partial charge in [-0.3, -0.25) is 4.79 Å². The fraction of sp³-hybridized carbons (Fsp3) is 0.286. The Morgan fingerprint density at radius 3 is 2.94 bits per heavy atom. The Balaban J connectivity index is 1.52. The molecule has 4 heteroatoms. The number of carbonyl (C=O) groups excluding carboxylic acids is 1. The monoisotopic (exact) mass is 241 g/mol. The van der Waals surface area contributed by atoms with E-state index in [1.807, 2.05) is 30.3 Å². The Kier molecular flexibility index (Phi) is 2.84. The van der Waals surface area contributed by atoms with Crippen LogP contribution in [0, 0.1) is 5.92 Å². The summed E-state index contributed by atoms with van der Waals surface area (Å²) in [7, 11) is 0. The molecular weight excluding hydrogens is 226 g/mol. The molecule has 1 fully saturated rings. The highest BCUT2D eigenvalue weighted by molar-refractivity contribution is 5.82. The molecular formula is C14H15N3O. The number of nitrogens with one attached hydrogen (secondary N) is 2. The zero-order valence-electron chi connectivity index (χ0n) is 9.97. The SMILES string of the molecule is O=C(NCc1ccccc1)[C@@H]1C[C@@H]1c1cnc[nH]1. The predicted molar refractivity (Wildman–Crippen MR) is 67.7 cm³/mol. The third-order valence-corrected chi connectivity index (χ3v) is 3.36. The first kappa shape index (κ1) is 11.0. The topological polar surface area (TPSA) is 57.8 Å². The third-order valence-electron chi connectivity index (χ3n) is 3.36. The van der Waals surface area contributed by atoms with E-state index >= 15 is 0 Å². The van der Waals surface area contributed by atoms with Crippen molar-refractivity contribution < 1.29 is 4.79 Å². The van der Waals surface area contributed by atoms with Gasteiger partial charge < -0.3 is 10.3 Å². The number of hydrogen-bond acceptors (Lipinski definition) is 2. The second kappa shape index (κ2) is 4.64. The van der Waals surface area contributed by atoms with Gasteiger partial charge in [-0.1, -0.05) is 30.3 Å². The number of aromatic amines is 1. The summed E-state index contributed by atoms with van der Waals surface area (Å²) in [6, 6.07) is 9.96. The van der Waals surface area contributed by atoms with Gasteiger partial charge in [-0.05, 0) is 12.0 Å². The van der Waals surface area contributed by atoms with E-state index in [9.17, 15) is 4.79 Å². The largest absolute Gasteiger partial charge is 0.352 e. The Bertz CT molecular complexity index is 521. The van der Waals surface area contributed by atoms with Crippen molar-refractivity contribution >= 4 is 5.91 Å². The highest BCUT2D eigenvalue weighted by atomic mass is 16.2. The molecule has 2 aromatic rings. The van der Waals surface area contributed by atoms with Crippen LogP contribution in [0.15, 0.2) is 42.9 Å². The van der Waals surface area contributed by atoms with Crippen LogP contribution in [-0.4, -0.2) is 15.9 Å². The van der Waals surface area contributed by atoms with Crippen molar-refractivity contribution in [2.45, 2.75) is 18.9 Å². The molecule has 0 radical (unpaired) electrons. The highest BCUT2D eigenvalue weighted by Gasteiger charge is 2.44. The van der Waals surface area contributed by atoms with Crippen molar-refractivity contribution in [3.05, 3.63) is 54.1 Å². The van der Waals surface area contributed by atoms with Crippen LogP contribution in [0.3, 0.4) is 0 Å². The molecule has 0 unspecified atom stereocenters. The van der Waals surface area contributed by atoms with Gasteiger partial charge in [0.05, 0.1) is 6.33 Å². The summed E-state index contributed by atoms with van der Waals surface area (Å²) in [5.74, 6) is 0.566. The number of aromatic nitrogens is 2. The predicted octanol–water partition coefficient (Wildman–Crippen LogP) is 1.83. The van der Waals surface area contributed by atoms with Gasteiger partial charge in [0.15, 0.2) is 0 Å². The van der Waals surface area contributed by atoms with E-state index in [4.69, 9.17) is 0 Å². The summed E-state index contributed by atoms with van der Waals surface area (Å²) in [5, 5.41) is 2.98. The Morgan fingerprint density at radius 1 is 1.39 bits per heavy atom. The van der Waals surface area contributed by atoms with Crippen LogP contribution in [0.1, 0.15) is 23.6 Å². The van der Waals surface area contributed by atoms with Crippen molar-refractivity contribution in [2.75, 3.05) is 0 Å². The van der Waals surface area contributed by atoms with Crippen molar-refractivity contribution in [3.63, 3.8) is 0 Å². The van der Waals surface area contributed by atoms with Crippen molar-refractivity contribution in [3.8, 4) is 0 Å². The minimum absolute atomic E-state index is 0.106. The molecule has 0 spiro atoms. The van der Waals surface area contributed by atoms with Gasteiger partial charge in [-0.25, -0.2) is 4.98 Å². The van der Waals surface area contributed by atoms with Crippen LogP contribution < -0.4 is 5.32 Å². The first-order valence-electron chi connectivity index (χ1n) is 6.14. The van der Waals surface area contributed by atoms with Crippen molar-refractivity contribution in [2.24, 2.45) is 5.92 Å². The molecule has 2 atom stereocenters. The second-order valence-corrected chi connectivity index (χ2v) is 4.66. The lowest BCUT2D eigenvalue weighted by molar-refractivity contribution is -0.122. The van der Waals surface area contributed by atoms with Crippen molar-refractivity contribution in [1.82, 2.24) is 15.3 Å². The number of hydrogen-bond donors (Lipinski definition) is 2. The fourth-order valence-corrected chi connectivity index (χ4v) is 2.21. The molecule has 0 saturated heterocycles. The van der Waals surface area contributed by atoms with Gasteiger partial charge in [-0.15, -0.1) is 0 Å². The summed E-state index contributed by atoms with van der Waals surface area (Å²) >= 11 is 0. The quantitative estimate of drug-likeness (QED) is 0.858. The molecule has 1 heterocycles. The number of carbonyl (C=O) groups is 1. The number of benzene rings is 1. The summed E-state index contributed by atoms with van der Waals surface area (Å²) < 4.78 is 0. The second-order valence-electron chi connectivity index (χ2n) is 4.66. The zero-order chi connectivity index (χ0) is 12.4. The number of amides is 1. The first-order chi connectivity index (χ1) is 8.84. The van der Waals surface area contributed by atoms with Gasteiger partial charge in [0, 0.05) is 30.3 Å². The molecule has 0 bridgehead atoms. The summed E-state index contributed by atoms with van der Waals surface area (Å²) in [4.78, 5) is 19.0. The minimum Gasteiger partial charge on any atom is -0.352 e. The standard InChI is InChI=1S/C14H15N3O/c18-14(16-7-10-4-2-1-3-5-10)12-6-11(12)13-8-15-9-17-13/h1-5,8-9,11-12H,6-7H2,(H,15,17)(H,16,18)/t11-,12+/m0/s1. The van der Waals surface area contributed by atoms with Gasteiger partial charge in [0.1, 0.15) is 0 Å². The van der Waals surface area contributed by atoms with E-state index < -0.39 is 0 Å². The summed E-state index contributed by atoms with van der Waals surface area (Å²) in [6.07, 6.45) is 4.38. The molecule has 1 aromatic heterocycles. The van der Waals surface area contributed by atoms with Crippen LogP contribution in [0.4, 0.5) is 0 Å². The molecule has 1 aliphatic carbocycles. The number of rotatable bonds is 4. The Morgan fingerprint density at radius 2 is 2.22 bits per heavy atom. The first-order valence-corrected chi connectivity index (χ1v) is 6.14. The Hall–Kier alpha value is -2.10. The maximum atomic E-state index is 11.9. The lowest BCUT2D eigenvalue weighted by atomic mass is 10.2. The van der Waals surface area contributed by atoms with Gasteiger partial charge in [-0.2, -0.15) is 0 Å². The zero-order valence-corrected chi connectivity index (χ0v) is 9.97. The lowest BCUT2D eigenvalue weighted by Gasteiger charge is -2.04. The van der Waals surface area contributed by atoms with E-state index in [0.717, 1.165) is 17.7 Å². The van der Waals surface area contributed by atoms with E-state index in [1.54, 1.807) is 12.5 Å². The van der Waals surface area contributed by atoms with E-state index in [-0.39, 0.29) is 11.8 Å². The number of imidazole rings is 1. The highest BCUT2D eigenvalue weighted by Crippen LogP contribution is 2.46. The molecule has 1 aromatic carbocycles.